The standard InChI is InChI=1S/C15H23N3O2/c1-3-17-13-10-11(2)7-8-12(13)15(20)18-9-5-4-6-14(16)19/h7-8,10,17H,3-6,9H2,1-2H3,(H2,16,19)(H,18,20). The van der Waals surface area contributed by atoms with Crippen molar-refractivity contribution >= 4 is 17.5 Å². The Morgan fingerprint density at radius 2 is 2.00 bits per heavy atom. The molecule has 0 atom stereocenters. The Hall–Kier alpha value is -2.04. The average Bonchev–Trinajstić information content (AvgIpc) is 2.38. The van der Waals surface area contributed by atoms with Crippen LogP contribution < -0.4 is 16.4 Å². The van der Waals surface area contributed by atoms with Gasteiger partial charge >= 0.3 is 0 Å². The van der Waals surface area contributed by atoms with E-state index in [2.05, 4.69) is 10.6 Å². The van der Waals surface area contributed by atoms with Gasteiger partial charge in [-0.05, 0) is 44.4 Å². The molecule has 1 aromatic rings. The lowest BCUT2D eigenvalue weighted by Crippen LogP contribution is -2.25. The predicted octanol–water partition coefficient (Wildman–Crippen LogP) is 1.81. The fourth-order valence-corrected chi connectivity index (χ4v) is 1.91. The molecule has 0 heterocycles. The van der Waals surface area contributed by atoms with Crippen LogP contribution in [-0.4, -0.2) is 24.9 Å². The van der Waals surface area contributed by atoms with Gasteiger partial charge in [0.05, 0.1) is 5.56 Å². The molecule has 0 saturated heterocycles. The van der Waals surface area contributed by atoms with E-state index >= 15 is 0 Å². The second kappa shape index (κ2) is 8.19. The number of nitrogens with one attached hydrogen (secondary N) is 2. The molecule has 5 nitrogen and oxygen atoms in total. The summed E-state index contributed by atoms with van der Waals surface area (Å²) in [5.41, 5.74) is 7.66. The zero-order valence-corrected chi connectivity index (χ0v) is 12.2. The van der Waals surface area contributed by atoms with Gasteiger partial charge < -0.3 is 16.4 Å². The van der Waals surface area contributed by atoms with E-state index in [1.165, 1.54) is 0 Å². The second-order valence-electron chi connectivity index (χ2n) is 4.76. The van der Waals surface area contributed by atoms with Crippen LogP contribution in [0.4, 0.5) is 5.69 Å². The number of unbranched alkanes of at least 4 members (excludes halogenated alkanes) is 1. The molecular formula is C15H23N3O2. The lowest BCUT2D eigenvalue weighted by molar-refractivity contribution is -0.118. The predicted molar refractivity (Wildman–Crippen MR) is 80.7 cm³/mol. The summed E-state index contributed by atoms with van der Waals surface area (Å²) in [7, 11) is 0. The zero-order valence-electron chi connectivity index (χ0n) is 12.2. The van der Waals surface area contributed by atoms with Crippen molar-refractivity contribution in [1.29, 1.82) is 0 Å². The number of carbonyl (C=O) groups excluding carboxylic acids is 2. The highest BCUT2D eigenvalue weighted by molar-refractivity contribution is 5.99. The molecule has 5 heteroatoms. The smallest absolute Gasteiger partial charge is 0.253 e. The normalized spacial score (nSPS) is 10.1. The summed E-state index contributed by atoms with van der Waals surface area (Å²) < 4.78 is 0. The van der Waals surface area contributed by atoms with Crippen LogP contribution in [0.2, 0.25) is 0 Å². The highest BCUT2D eigenvalue weighted by atomic mass is 16.2. The number of anilines is 1. The molecule has 0 radical (unpaired) electrons. The molecule has 2 amide bonds. The number of nitrogens with two attached hydrogens (primary N) is 1. The highest BCUT2D eigenvalue weighted by Gasteiger charge is 2.10. The minimum Gasteiger partial charge on any atom is -0.385 e. The monoisotopic (exact) mass is 277 g/mol. The maximum absolute atomic E-state index is 12.1. The van der Waals surface area contributed by atoms with Gasteiger partial charge in [-0.3, -0.25) is 9.59 Å². The van der Waals surface area contributed by atoms with Gasteiger partial charge in [-0.1, -0.05) is 6.07 Å². The molecule has 1 rings (SSSR count). The van der Waals surface area contributed by atoms with Crippen molar-refractivity contribution < 1.29 is 9.59 Å². The third kappa shape index (κ3) is 5.30. The summed E-state index contributed by atoms with van der Waals surface area (Å²) in [4.78, 5) is 22.7. The van der Waals surface area contributed by atoms with Gasteiger partial charge in [0, 0.05) is 25.2 Å². The second-order valence-corrected chi connectivity index (χ2v) is 4.76. The van der Waals surface area contributed by atoms with Crippen molar-refractivity contribution in [1.82, 2.24) is 5.32 Å². The Morgan fingerprint density at radius 3 is 2.65 bits per heavy atom. The first kappa shape index (κ1) is 16.0. The molecule has 0 aliphatic carbocycles. The number of hydrogen-bond acceptors (Lipinski definition) is 3. The molecule has 0 unspecified atom stereocenters. The van der Waals surface area contributed by atoms with Crippen LogP contribution in [0.1, 0.15) is 42.1 Å². The van der Waals surface area contributed by atoms with E-state index in [0.717, 1.165) is 24.2 Å². The van der Waals surface area contributed by atoms with Gasteiger partial charge in [-0.15, -0.1) is 0 Å². The minimum atomic E-state index is -0.302. The molecule has 0 bridgehead atoms. The van der Waals surface area contributed by atoms with Gasteiger partial charge in [0.25, 0.3) is 5.91 Å². The lowest BCUT2D eigenvalue weighted by atomic mass is 10.1. The number of rotatable bonds is 8. The number of benzene rings is 1. The molecule has 110 valence electrons. The van der Waals surface area contributed by atoms with E-state index in [0.29, 0.717) is 24.9 Å². The van der Waals surface area contributed by atoms with Crippen LogP contribution in [0.3, 0.4) is 0 Å². The summed E-state index contributed by atoms with van der Waals surface area (Å²) in [5, 5.41) is 6.05. The molecule has 0 fully saturated rings. The number of hydrogen-bond donors (Lipinski definition) is 3. The molecule has 0 aromatic heterocycles. The van der Waals surface area contributed by atoms with Crippen molar-refractivity contribution in [2.24, 2.45) is 5.73 Å². The van der Waals surface area contributed by atoms with E-state index in [1.54, 1.807) is 0 Å². The van der Waals surface area contributed by atoms with E-state index in [4.69, 9.17) is 5.73 Å². The maximum atomic E-state index is 12.1. The molecule has 0 saturated carbocycles. The summed E-state index contributed by atoms with van der Waals surface area (Å²) in [6.07, 6.45) is 1.81. The van der Waals surface area contributed by atoms with E-state index in [-0.39, 0.29) is 11.8 Å². The minimum absolute atomic E-state index is 0.0972. The summed E-state index contributed by atoms with van der Waals surface area (Å²) >= 11 is 0. The Balaban J connectivity index is 2.52. The van der Waals surface area contributed by atoms with Crippen LogP contribution >= 0.6 is 0 Å². The summed E-state index contributed by atoms with van der Waals surface area (Å²) in [5.74, 6) is -0.399. The zero-order chi connectivity index (χ0) is 15.0. The molecule has 0 spiro atoms. The quantitative estimate of drug-likeness (QED) is 0.634. The van der Waals surface area contributed by atoms with Gasteiger partial charge in [-0.25, -0.2) is 0 Å². The summed E-state index contributed by atoms with van der Waals surface area (Å²) in [6, 6.07) is 5.71. The van der Waals surface area contributed by atoms with E-state index < -0.39 is 0 Å². The Bertz CT molecular complexity index is 472. The van der Waals surface area contributed by atoms with Crippen LogP contribution in [0.25, 0.3) is 0 Å². The topological polar surface area (TPSA) is 84.2 Å². The highest BCUT2D eigenvalue weighted by Crippen LogP contribution is 2.17. The van der Waals surface area contributed by atoms with Gasteiger partial charge in [0.15, 0.2) is 0 Å². The van der Waals surface area contributed by atoms with Crippen LogP contribution in [-0.2, 0) is 4.79 Å². The SMILES string of the molecule is CCNc1cc(C)ccc1C(=O)NCCCCC(N)=O. The van der Waals surface area contributed by atoms with Crippen molar-refractivity contribution in [2.75, 3.05) is 18.4 Å². The third-order valence-corrected chi connectivity index (χ3v) is 2.92. The van der Waals surface area contributed by atoms with Gasteiger partial charge in [0.1, 0.15) is 0 Å². The van der Waals surface area contributed by atoms with Crippen LogP contribution in [0.5, 0.6) is 0 Å². The van der Waals surface area contributed by atoms with E-state index in [9.17, 15) is 9.59 Å². The first-order valence-corrected chi connectivity index (χ1v) is 6.95. The van der Waals surface area contributed by atoms with Crippen molar-refractivity contribution in [3.05, 3.63) is 29.3 Å². The fourth-order valence-electron chi connectivity index (χ4n) is 1.91. The lowest BCUT2D eigenvalue weighted by Gasteiger charge is -2.12. The molecular weight excluding hydrogens is 254 g/mol. The van der Waals surface area contributed by atoms with Crippen molar-refractivity contribution in [2.45, 2.75) is 33.1 Å². The first-order valence-electron chi connectivity index (χ1n) is 6.95. The van der Waals surface area contributed by atoms with E-state index in [1.807, 2.05) is 32.0 Å². The first-order chi connectivity index (χ1) is 9.54. The molecule has 4 N–H and O–H groups in total. The average molecular weight is 277 g/mol. The molecule has 0 aliphatic heterocycles. The largest absolute Gasteiger partial charge is 0.385 e. The van der Waals surface area contributed by atoms with Crippen molar-refractivity contribution in [3.63, 3.8) is 0 Å². The maximum Gasteiger partial charge on any atom is 0.253 e. The fraction of sp³-hybridized carbons (Fsp3) is 0.467. The number of aryl methyl sites for hydroxylation is 1. The molecule has 20 heavy (non-hydrogen) atoms. The molecule has 0 aliphatic rings. The Labute approximate surface area is 119 Å². The summed E-state index contributed by atoms with van der Waals surface area (Å²) in [6.45, 7) is 5.30. The number of amides is 2. The van der Waals surface area contributed by atoms with Crippen molar-refractivity contribution in [3.8, 4) is 0 Å². The Kier molecular flexibility index (Phi) is 6.56. The number of carbonyl (C=O) groups is 2. The van der Waals surface area contributed by atoms with Gasteiger partial charge in [-0.2, -0.15) is 0 Å². The number of primary amides is 1. The van der Waals surface area contributed by atoms with Crippen LogP contribution in [0, 0.1) is 6.92 Å². The molecule has 1 aromatic carbocycles. The van der Waals surface area contributed by atoms with Crippen LogP contribution in [0.15, 0.2) is 18.2 Å². The Morgan fingerprint density at radius 1 is 1.25 bits per heavy atom. The third-order valence-electron chi connectivity index (χ3n) is 2.92. The van der Waals surface area contributed by atoms with Gasteiger partial charge in [0.2, 0.25) is 5.91 Å².